The molecule has 3 aromatic rings. The van der Waals surface area contributed by atoms with Crippen LogP contribution >= 0.6 is 23.4 Å². The summed E-state index contributed by atoms with van der Waals surface area (Å²) in [4.78, 5) is 37.9. The minimum Gasteiger partial charge on any atom is -0.462 e. The first-order valence-electron chi connectivity index (χ1n) is 11.3. The molecule has 6 nitrogen and oxygen atoms in total. The normalized spacial score (nSPS) is 11.4. The Hall–Kier alpha value is -3.29. The summed E-state index contributed by atoms with van der Waals surface area (Å²) < 4.78 is 4.98. The van der Waals surface area contributed by atoms with E-state index >= 15 is 0 Å². The second-order valence-corrected chi connectivity index (χ2v) is 9.39. The molecule has 35 heavy (non-hydrogen) atoms. The topological polar surface area (TPSA) is 84.5 Å². The van der Waals surface area contributed by atoms with Crippen molar-refractivity contribution < 1.29 is 19.1 Å². The van der Waals surface area contributed by atoms with Crippen molar-refractivity contribution in [2.24, 2.45) is 0 Å². The molecule has 182 valence electrons. The molecule has 2 N–H and O–H groups in total. The Labute approximate surface area is 214 Å². The molecule has 1 atom stereocenters. The molecule has 3 rings (SSSR count). The Morgan fingerprint density at radius 1 is 0.914 bits per heavy atom. The van der Waals surface area contributed by atoms with Gasteiger partial charge in [0.05, 0.1) is 23.8 Å². The standard InChI is InChI=1S/C27H27ClN2O4S/c1-3-24(26(32)30-21-14-10-19(11-15-21)27(33)34-4-2)35-23-7-5-6-22(17-23)29-25(31)16-18-8-12-20(28)13-9-18/h5-15,17,24H,3-4,16H2,1-2H3,(H,29,31)(H,30,32). The number of thioether (sulfide) groups is 1. The average Bonchev–Trinajstić information content (AvgIpc) is 2.84. The Kier molecular flexibility index (Phi) is 9.76. The summed E-state index contributed by atoms with van der Waals surface area (Å²) in [5, 5.41) is 6.10. The number of amides is 2. The van der Waals surface area contributed by atoms with Crippen molar-refractivity contribution in [1.29, 1.82) is 0 Å². The van der Waals surface area contributed by atoms with Gasteiger partial charge >= 0.3 is 5.97 Å². The Morgan fingerprint density at radius 3 is 2.29 bits per heavy atom. The van der Waals surface area contributed by atoms with E-state index in [0.29, 0.717) is 35.0 Å². The van der Waals surface area contributed by atoms with Crippen LogP contribution in [0.2, 0.25) is 5.02 Å². The van der Waals surface area contributed by atoms with E-state index in [4.69, 9.17) is 16.3 Å². The molecule has 0 saturated carbocycles. The number of hydrogen-bond donors (Lipinski definition) is 2. The Bertz CT molecular complexity index is 1170. The molecule has 0 aromatic heterocycles. The summed E-state index contributed by atoms with van der Waals surface area (Å²) >= 11 is 7.32. The number of nitrogens with one attached hydrogen (secondary N) is 2. The van der Waals surface area contributed by atoms with Crippen LogP contribution in [0.25, 0.3) is 0 Å². The quantitative estimate of drug-likeness (QED) is 0.250. The fraction of sp³-hybridized carbons (Fsp3) is 0.222. The van der Waals surface area contributed by atoms with E-state index < -0.39 is 5.97 Å². The number of esters is 1. The molecule has 0 aliphatic carbocycles. The van der Waals surface area contributed by atoms with Crippen LogP contribution in [0.3, 0.4) is 0 Å². The third-order valence-corrected chi connectivity index (χ3v) is 6.61. The Morgan fingerprint density at radius 2 is 1.63 bits per heavy atom. The smallest absolute Gasteiger partial charge is 0.338 e. The van der Waals surface area contributed by atoms with Crippen molar-refractivity contribution in [3.8, 4) is 0 Å². The highest BCUT2D eigenvalue weighted by atomic mass is 35.5. The fourth-order valence-corrected chi connectivity index (χ4v) is 4.39. The maximum absolute atomic E-state index is 12.9. The van der Waals surface area contributed by atoms with Crippen molar-refractivity contribution in [3.63, 3.8) is 0 Å². The fourth-order valence-electron chi connectivity index (χ4n) is 3.25. The van der Waals surface area contributed by atoms with Gasteiger partial charge in [-0.1, -0.05) is 36.7 Å². The zero-order valence-electron chi connectivity index (χ0n) is 19.5. The molecule has 0 heterocycles. The highest BCUT2D eigenvalue weighted by molar-refractivity contribution is 8.00. The van der Waals surface area contributed by atoms with E-state index in [1.165, 1.54) is 11.8 Å². The van der Waals surface area contributed by atoms with Gasteiger partial charge in [0.15, 0.2) is 0 Å². The third kappa shape index (κ3) is 8.16. The summed E-state index contributed by atoms with van der Waals surface area (Å²) in [5.74, 6) is -0.670. The molecule has 2 amide bonds. The summed E-state index contributed by atoms with van der Waals surface area (Å²) in [6, 6.07) is 21.2. The number of anilines is 2. The van der Waals surface area contributed by atoms with Crippen LogP contribution in [0, 0.1) is 0 Å². The maximum atomic E-state index is 12.9. The van der Waals surface area contributed by atoms with Gasteiger partial charge in [-0.05, 0) is 73.5 Å². The van der Waals surface area contributed by atoms with Gasteiger partial charge in [-0.15, -0.1) is 11.8 Å². The molecule has 1 unspecified atom stereocenters. The number of carbonyl (C=O) groups excluding carboxylic acids is 3. The van der Waals surface area contributed by atoms with E-state index in [9.17, 15) is 14.4 Å². The number of rotatable bonds is 10. The molecule has 0 spiro atoms. The predicted molar refractivity (Wildman–Crippen MR) is 141 cm³/mol. The lowest BCUT2D eigenvalue weighted by atomic mass is 10.1. The van der Waals surface area contributed by atoms with Gasteiger partial charge in [0.1, 0.15) is 0 Å². The maximum Gasteiger partial charge on any atom is 0.338 e. The number of carbonyl (C=O) groups is 3. The monoisotopic (exact) mass is 510 g/mol. The summed E-state index contributed by atoms with van der Waals surface area (Å²) in [6.45, 7) is 4.00. The molecule has 0 radical (unpaired) electrons. The highest BCUT2D eigenvalue weighted by Gasteiger charge is 2.19. The highest BCUT2D eigenvalue weighted by Crippen LogP contribution is 2.29. The van der Waals surface area contributed by atoms with Gasteiger partial charge < -0.3 is 15.4 Å². The van der Waals surface area contributed by atoms with Gasteiger partial charge in [0, 0.05) is 21.3 Å². The number of halogens is 1. The molecule has 3 aromatic carbocycles. The lowest BCUT2D eigenvalue weighted by molar-refractivity contribution is -0.116. The van der Waals surface area contributed by atoms with E-state index in [-0.39, 0.29) is 23.5 Å². The lowest BCUT2D eigenvalue weighted by Gasteiger charge is -2.16. The van der Waals surface area contributed by atoms with Crippen LogP contribution in [0.5, 0.6) is 0 Å². The van der Waals surface area contributed by atoms with Crippen LogP contribution in [0.1, 0.15) is 36.2 Å². The number of ether oxygens (including phenoxy) is 1. The van der Waals surface area contributed by atoms with Crippen molar-refractivity contribution in [2.45, 2.75) is 36.8 Å². The molecule has 0 aliphatic heterocycles. The van der Waals surface area contributed by atoms with Gasteiger partial charge in [-0.2, -0.15) is 0 Å². The van der Waals surface area contributed by atoms with Crippen molar-refractivity contribution in [2.75, 3.05) is 17.2 Å². The zero-order valence-corrected chi connectivity index (χ0v) is 21.1. The first kappa shape index (κ1) is 26.3. The van der Waals surface area contributed by atoms with E-state index in [1.54, 1.807) is 43.3 Å². The largest absolute Gasteiger partial charge is 0.462 e. The SMILES string of the molecule is CCOC(=O)c1ccc(NC(=O)C(CC)Sc2cccc(NC(=O)Cc3ccc(Cl)cc3)c2)cc1. The van der Waals surface area contributed by atoms with Crippen LogP contribution in [0.15, 0.2) is 77.7 Å². The van der Waals surface area contributed by atoms with Crippen LogP contribution in [0.4, 0.5) is 11.4 Å². The molecular formula is C27H27ClN2O4S. The third-order valence-electron chi connectivity index (χ3n) is 5.00. The minimum absolute atomic E-state index is 0.134. The first-order valence-corrected chi connectivity index (χ1v) is 12.5. The van der Waals surface area contributed by atoms with Crippen molar-refractivity contribution in [3.05, 3.63) is 88.9 Å². The van der Waals surface area contributed by atoms with Crippen LogP contribution < -0.4 is 10.6 Å². The van der Waals surface area contributed by atoms with Crippen LogP contribution in [-0.2, 0) is 20.7 Å². The van der Waals surface area contributed by atoms with E-state index in [1.807, 2.05) is 43.3 Å². The molecular weight excluding hydrogens is 484 g/mol. The van der Waals surface area contributed by atoms with Gasteiger partial charge in [0.2, 0.25) is 11.8 Å². The molecule has 8 heteroatoms. The first-order chi connectivity index (χ1) is 16.9. The molecule has 0 aliphatic rings. The summed E-state index contributed by atoms with van der Waals surface area (Å²) in [7, 11) is 0. The predicted octanol–water partition coefficient (Wildman–Crippen LogP) is 6.21. The average molecular weight is 511 g/mol. The second kappa shape index (κ2) is 13.0. The minimum atomic E-state index is -0.396. The summed E-state index contributed by atoms with van der Waals surface area (Å²) in [6.07, 6.45) is 0.855. The van der Waals surface area contributed by atoms with E-state index in [2.05, 4.69) is 10.6 Å². The van der Waals surface area contributed by atoms with Crippen molar-refractivity contribution in [1.82, 2.24) is 0 Å². The van der Waals surface area contributed by atoms with E-state index in [0.717, 1.165) is 10.5 Å². The van der Waals surface area contributed by atoms with Crippen molar-refractivity contribution >= 4 is 52.5 Å². The molecule has 0 saturated heterocycles. The summed E-state index contributed by atoms with van der Waals surface area (Å²) in [5.41, 5.74) is 2.57. The van der Waals surface area contributed by atoms with Gasteiger partial charge in [-0.3, -0.25) is 9.59 Å². The number of hydrogen-bond acceptors (Lipinski definition) is 5. The zero-order chi connectivity index (χ0) is 25.2. The molecule has 0 fully saturated rings. The van der Waals surface area contributed by atoms with Gasteiger partial charge in [-0.25, -0.2) is 4.79 Å². The van der Waals surface area contributed by atoms with Crippen LogP contribution in [-0.4, -0.2) is 29.6 Å². The van der Waals surface area contributed by atoms with Gasteiger partial charge in [0.25, 0.3) is 0 Å². The lowest BCUT2D eigenvalue weighted by Crippen LogP contribution is -2.24. The second-order valence-electron chi connectivity index (χ2n) is 7.68. The Balaban J connectivity index is 1.58. The molecule has 0 bridgehead atoms. The number of benzene rings is 3.